The zero-order valence-electron chi connectivity index (χ0n) is 22.4. The number of nitrogens with one attached hydrogen (secondary N) is 3. The van der Waals surface area contributed by atoms with Gasteiger partial charge in [0.1, 0.15) is 5.75 Å². The summed E-state index contributed by atoms with van der Waals surface area (Å²) in [5.74, 6) is 0.537. The lowest BCUT2D eigenvalue weighted by Crippen LogP contribution is -2.47. The van der Waals surface area contributed by atoms with Gasteiger partial charge in [-0.15, -0.1) is 0 Å². The van der Waals surface area contributed by atoms with E-state index in [4.69, 9.17) is 9.47 Å². The monoisotopic (exact) mass is 548 g/mol. The van der Waals surface area contributed by atoms with Crippen molar-refractivity contribution in [1.29, 1.82) is 0 Å². The molecule has 0 saturated carbocycles. The molecule has 0 atom stereocenters. The fraction of sp³-hybridized carbons (Fsp3) is 0.286. The summed E-state index contributed by atoms with van der Waals surface area (Å²) >= 11 is 0. The Morgan fingerprint density at radius 1 is 0.875 bits per heavy atom. The van der Waals surface area contributed by atoms with E-state index in [1.54, 1.807) is 26.4 Å². The summed E-state index contributed by atoms with van der Waals surface area (Å²) in [5, 5.41) is 19.1. The third-order valence-electron chi connectivity index (χ3n) is 6.47. The number of para-hydroxylation sites is 2. The first-order chi connectivity index (χ1) is 19.4. The van der Waals surface area contributed by atoms with E-state index in [0.717, 1.165) is 30.2 Å². The van der Waals surface area contributed by atoms with E-state index in [2.05, 4.69) is 25.8 Å². The minimum Gasteiger partial charge on any atom is -0.495 e. The van der Waals surface area contributed by atoms with Crippen molar-refractivity contribution >= 4 is 40.4 Å². The van der Waals surface area contributed by atoms with Gasteiger partial charge in [0.15, 0.2) is 0 Å². The minimum atomic E-state index is -0.544. The summed E-state index contributed by atoms with van der Waals surface area (Å²) in [7, 11) is 3.22. The number of rotatable bonds is 10. The minimum absolute atomic E-state index is 0.0746. The maximum Gasteiger partial charge on any atom is 0.323 e. The van der Waals surface area contributed by atoms with E-state index in [1.165, 1.54) is 24.3 Å². The van der Waals surface area contributed by atoms with Crippen molar-refractivity contribution in [3.05, 3.63) is 82.4 Å². The van der Waals surface area contributed by atoms with Crippen LogP contribution in [-0.2, 0) is 4.74 Å². The van der Waals surface area contributed by atoms with Crippen LogP contribution in [0.4, 0.5) is 33.2 Å². The van der Waals surface area contributed by atoms with Crippen LogP contribution in [0, 0.1) is 10.1 Å². The number of nitro benzene ring substituents is 1. The summed E-state index contributed by atoms with van der Waals surface area (Å²) in [6.07, 6.45) is 0. The number of benzene rings is 3. The van der Waals surface area contributed by atoms with Crippen LogP contribution in [0.15, 0.2) is 66.7 Å². The van der Waals surface area contributed by atoms with Crippen LogP contribution in [0.2, 0.25) is 0 Å². The third kappa shape index (κ3) is 6.97. The SMILES string of the molecule is COCCNC(=O)c1cc(NC(=O)Nc2ccc([N+](=O)[O-])cc2)ccc1N1CCN(c2ccccc2OC)CC1. The first kappa shape index (κ1) is 28.2. The van der Waals surface area contributed by atoms with Crippen molar-refractivity contribution in [3.63, 3.8) is 0 Å². The fourth-order valence-corrected chi connectivity index (χ4v) is 4.47. The van der Waals surface area contributed by atoms with Gasteiger partial charge < -0.3 is 35.2 Å². The van der Waals surface area contributed by atoms with Gasteiger partial charge in [0.25, 0.3) is 11.6 Å². The molecule has 40 heavy (non-hydrogen) atoms. The number of anilines is 4. The van der Waals surface area contributed by atoms with Crippen LogP contribution < -0.4 is 30.5 Å². The maximum absolute atomic E-state index is 13.2. The zero-order chi connectivity index (χ0) is 28.5. The highest BCUT2D eigenvalue weighted by Crippen LogP contribution is 2.31. The summed E-state index contributed by atoms with van der Waals surface area (Å²) in [5.41, 5.74) is 2.96. The summed E-state index contributed by atoms with van der Waals surface area (Å²) in [6, 6.07) is 18.1. The van der Waals surface area contributed by atoms with Crippen molar-refractivity contribution in [3.8, 4) is 5.75 Å². The Bertz CT molecular complexity index is 1340. The fourth-order valence-electron chi connectivity index (χ4n) is 4.47. The van der Waals surface area contributed by atoms with Gasteiger partial charge in [0, 0.05) is 69.0 Å². The van der Waals surface area contributed by atoms with Crippen LogP contribution in [0.25, 0.3) is 0 Å². The largest absolute Gasteiger partial charge is 0.495 e. The molecule has 210 valence electrons. The van der Waals surface area contributed by atoms with Gasteiger partial charge in [-0.05, 0) is 42.5 Å². The van der Waals surface area contributed by atoms with E-state index in [0.29, 0.717) is 43.2 Å². The Morgan fingerprint density at radius 3 is 2.15 bits per heavy atom. The standard InChI is InChI=1S/C28H32N6O6/c1-39-18-13-29-27(35)23-19-21(31-28(36)30-20-7-10-22(11-8-20)34(37)38)9-12-24(23)32-14-16-33(17-15-32)25-5-3-4-6-26(25)40-2/h3-12,19H,13-18H2,1-2H3,(H,29,35)(H2,30,31,36). The second-order valence-electron chi connectivity index (χ2n) is 9.01. The Labute approximate surface area is 232 Å². The Hall–Kier alpha value is -4.84. The first-order valence-electron chi connectivity index (χ1n) is 12.8. The average molecular weight is 549 g/mol. The number of urea groups is 1. The second-order valence-corrected chi connectivity index (χ2v) is 9.01. The number of nitrogens with zero attached hydrogens (tertiary/aromatic N) is 3. The molecular weight excluding hydrogens is 516 g/mol. The number of methoxy groups -OCH3 is 2. The predicted octanol–water partition coefficient (Wildman–Crippen LogP) is 3.95. The number of hydrogen-bond donors (Lipinski definition) is 3. The summed E-state index contributed by atoms with van der Waals surface area (Å²) in [4.78, 5) is 40.5. The number of hydrogen-bond acceptors (Lipinski definition) is 8. The van der Waals surface area contributed by atoms with Gasteiger partial charge in [-0.25, -0.2) is 4.79 Å². The molecule has 0 spiro atoms. The van der Waals surface area contributed by atoms with Gasteiger partial charge in [0.05, 0.1) is 29.9 Å². The van der Waals surface area contributed by atoms with Gasteiger partial charge in [-0.3, -0.25) is 14.9 Å². The number of piperazine rings is 1. The molecule has 1 heterocycles. The molecule has 0 radical (unpaired) electrons. The first-order valence-corrected chi connectivity index (χ1v) is 12.8. The smallest absolute Gasteiger partial charge is 0.323 e. The summed E-state index contributed by atoms with van der Waals surface area (Å²) < 4.78 is 10.6. The molecule has 3 aromatic carbocycles. The molecule has 0 unspecified atom stereocenters. The van der Waals surface area contributed by atoms with Crippen LogP contribution in [0.3, 0.4) is 0 Å². The van der Waals surface area contributed by atoms with Crippen molar-refractivity contribution in [1.82, 2.24) is 5.32 Å². The molecule has 4 rings (SSSR count). The van der Waals surface area contributed by atoms with Gasteiger partial charge in [-0.1, -0.05) is 12.1 Å². The molecule has 3 aromatic rings. The Balaban J connectivity index is 1.48. The number of nitro groups is 1. The molecule has 3 N–H and O–H groups in total. The van der Waals surface area contributed by atoms with E-state index in [-0.39, 0.29) is 11.6 Å². The highest BCUT2D eigenvalue weighted by atomic mass is 16.6. The second kappa shape index (κ2) is 13.3. The molecule has 1 fully saturated rings. The highest BCUT2D eigenvalue weighted by molar-refractivity contribution is 6.04. The summed E-state index contributed by atoms with van der Waals surface area (Å²) in [6.45, 7) is 3.56. The molecule has 12 heteroatoms. The molecule has 1 saturated heterocycles. The highest BCUT2D eigenvalue weighted by Gasteiger charge is 2.24. The van der Waals surface area contributed by atoms with Crippen LogP contribution >= 0.6 is 0 Å². The van der Waals surface area contributed by atoms with Gasteiger partial charge >= 0.3 is 6.03 Å². The Kier molecular flexibility index (Phi) is 9.36. The number of amides is 3. The number of ether oxygens (including phenoxy) is 2. The van der Waals surface area contributed by atoms with Crippen LogP contribution in [0.1, 0.15) is 10.4 Å². The number of non-ortho nitro benzene ring substituents is 1. The van der Waals surface area contributed by atoms with Crippen molar-refractivity contribution in [2.45, 2.75) is 0 Å². The van der Waals surface area contributed by atoms with E-state index in [1.807, 2.05) is 30.3 Å². The van der Waals surface area contributed by atoms with Crippen LogP contribution in [-0.4, -0.2) is 70.4 Å². The molecule has 1 aliphatic heterocycles. The van der Waals surface area contributed by atoms with E-state index in [9.17, 15) is 19.7 Å². The number of carbonyl (C=O) groups is 2. The molecular formula is C28H32N6O6. The number of carbonyl (C=O) groups excluding carboxylic acids is 2. The lowest BCUT2D eigenvalue weighted by atomic mass is 10.1. The lowest BCUT2D eigenvalue weighted by molar-refractivity contribution is -0.384. The normalized spacial score (nSPS) is 12.9. The third-order valence-corrected chi connectivity index (χ3v) is 6.47. The maximum atomic E-state index is 13.2. The molecule has 0 bridgehead atoms. The van der Waals surface area contributed by atoms with E-state index >= 15 is 0 Å². The molecule has 12 nitrogen and oxygen atoms in total. The molecule has 1 aliphatic rings. The van der Waals surface area contributed by atoms with Crippen molar-refractivity contribution in [2.24, 2.45) is 0 Å². The van der Waals surface area contributed by atoms with Crippen molar-refractivity contribution in [2.75, 3.05) is 74.0 Å². The quantitative estimate of drug-likeness (QED) is 0.197. The van der Waals surface area contributed by atoms with Gasteiger partial charge in [-0.2, -0.15) is 0 Å². The Morgan fingerprint density at radius 2 is 1.50 bits per heavy atom. The zero-order valence-corrected chi connectivity index (χ0v) is 22.4. The average Bonchev–Trinajstić information content (AvgIpc) is 2.97. The molecule has 3 amide bonds. The van der Waals surface area contributed by atoms with Crippen molar-refractivity contribution < 1.29 is 24.0 Å². The van der Waals surface area contributed by atoms with Gasteiger partial charge in [0.2, 0.25) is 0 Å². The predicted molar refractivity (Wildman–Crippen MR) is 154 cm³/mol. The molecule has 0 aliphatic carbocycles. The van der Waals surface area contributed by atoms with Crippen LogP contribution in [0.5, 0.6) is 5.75 Å². The lowest BCUT2D eigenvalue weighted by Gasteiger charge is -2.38. The topological polar surface area (TPSA) is 138 Å². The molecule has 0 aromatic heterocycles. The van der Waals surface area contributed by atoms with E-state index < -0.39 is 11.0 Å².